The molecular formula is C13H18ClN3S. The number of nitrogens with one attached hydrogen (secondary N) is 1. The number of rotatable bonds is 5. The number of anilines is 1. The Hall–Kier alpha value is -0.840. The number of hydrogen-bond acceptors (Lipinski definition) is 3. The molecule has 0 aliphatic carbocycles. The van der Waals surface area contributed by atoms with Crippen molar-refractivity contribution >= 4 is 34.5 Å². The van der Waals surface area contributed by atoms with E-state index in [0.717, 1.165) is 24.3 Å². The number of thiocarbonyl (C=S) groups is 1. The molecule has 0 spiro atoms. The van der Waals surface area contributed by atoms with Crippen molar-refractivity contribution in [2.75, 3.05) is 31.5 Å². The molecule has 2 rings (SSSR count). The molecule has 0 radical (unpaired) electrons. The molecule has 0 aromatic heterocycles. The molecule has 3 nitrogen and oxygen atoms in total. The Bertz CT molecular complexity index is 430. The van der Waals surface area contributed by atoms with Gasteiger partial charge in [-0.25, -0.2) is 0 Å². The maximum absolute atomic E-state index is 6.18. The van der Waals surface area contributed by atoms with Crippen LogP contribution >= 0.6 is 23.8 Å². The SMILES string of the molecule is NC(=S)c1ccc(NCCN2CCCC2)c(Cl)c1. The van der Waals surface area contributed by atoms with Crippen LogP contribution in [-0.2, 0) is 0 Å². The Kier molecular flexibility index (Phi) is 4.80. The van der Waals surface area contributed by atoms with Gasteiger partial charge in [-0.1, -0.05) is 23.8 Å². The smallest absolute Gasteiger partial charge is 0.104 e. The molecule has 3 N–H and O–H groups in total. The van der Waals surface area contributed by atoms with Gasteiger partial charge < -0.3 is 16.0 Å². The van der Waals surface area contributed by atoms with Crippen LogP contribution in [0.3, 0.4) is 0 Å². The van der Waals surface area contributed by atoms with E-state index in [0.29, 0.717) is 10.0 Å². The first kappa shape index (κ1) is 13.6. The van der Waals surface area contributed by atoms with Crippen molar-refractivity contribution in [3.8, 4) is 0 Å². The van der Waals surface area contributed by atoms with Crippen molar-refractivity contribution in [1.82, 2.24) is 4.90 Å². The lowest BCUT2D eigenvalue weighted by Gasteiger charge is -2.16. The van der Waals surface area contributed by atoms with Gasteiger partial charge in [0.1, 0.15) is 4.99 Å². The van der Waals surface area contributed by atoms with E-state index in [4.69, 9.17) is 29.6 Å². The molecule has 0 saturated carbocycles. The van der Waals surface area contributed by atoms with Crippen molar-refractivity contribution < 1.29 is 0 Å². The third-order valence-corrected chi connectivity index (χ3v) is 3.74. The van der Waals surface area contributed by atoms with Crippen LogP contribution in [0.5, 0.6) is 0 Å². The van der Waals surface area contributed by atoms with Crippen molar-refractivity contribution in [3.05, 3.63) is 28.8 Å². The minimum absolute atomic E-state index is 0.375. The second-order valence-electron chi connectivity index (χ2n) is 4.53. The van der Waals surface area contributed by atoms with Gasteiger partial charge in [-0.3, -0.25) is 0 Å². The van der Waals surface area contributed by atoms with Gasteiger partial charge in [0, 0.05) is 18.7 Å². The summed E-state index contributed by atoms with van der Waals surface area (Å²) >= 11 is 11.1. The van der Waals surface area contributed by atoms with E-state index < -0.39 is 0 Å². The highest BCUT2D eigenvalue weighted by molar-refractivity contribution is 7.80. The molecule has 1 aromatic carbocycles. The van der Waals surface area contributed by atoms with Crippen molar-refractivity contribution in [1.29, 1.82) is 0 Å². The molecule has 1 fully saturated rings. The molecule has 1 aromatic rings. The monoisotopic (exact) mass is 283 g/mol. The van der Waals surface area contributed by atoms with E-state index in [1.807, 2.05) is 18.2 Å². The fourth-order valence-electron chi connectivity index (χ4n) is 2.17. The molecule has 1 heterocycles. The van der Waals surface area contributed by atoms with E-state index in [1.54, 1.807) is 0 Å². The van der Waals surface area contributed by atoms with Gasteiger partial charge in [0.05, 0.1) is 10.7 Å². The standard InChI is InChI=1S/C13H18ClN3S/c14-11-9-10(13(15)18)3-4-12(11)16-5-8-17-6-1-2-7-17/h3-4,9,16H,1-2,5-8H2,(H2,15,18). The molecule has 98 valence electrons. The highest BCUT2D eigenvalue weighted by Crippen LogP contribution is 2.22. The van der Waals surface area contributed by atoms with E-state index >= 15 is 0 Å². The van der Waals surface area contributed by atoms with Gasteiger partial charge in [0.2, 0.25) is 0 Å². The Morgan fingerprint density at radius 3 is 2.72 bits per heavy atom. The summed E-state index contributed by atoms with van der Waals surface area (Å²) in [5.41, 5.74) is 7.31. The second-order valence-corrected chi connectivity index (χ2v) is 5.38. The maximum Gasteiger partial charge on any atom is 0.104 e. The lowest BCUT2D eigenvalue weighted by molar-refractivity contribution is 0.352. The fraction of sp³-hybridized carbons (Fsp3) is 0.462. The minimum Gasteiger partial charge on any atom is -0.389 e. The highest BCUT2D eigenvalue weighted by Gasteiger charge is 2.10. The Labute approximate surface area is 118 Å². The molecule has 18 heavy (non-hydrogen) atoms. The molecule has 0 atom stereocenters. The zero-order valence-corrected chi connectivity index (χ0v) is 11.9. The molecule has 0 amide bonds. The lowest BCUT2D eigenvalue weighted by atomic mass is 10.2. The van der Waals surface area contributed by atoms with E-state index in [9.17, 15) is 0 Å². The fourth-order valence-corrected chi connectivity index (χ4v) is 2.54. The molecule has 0 bridgehead atoms. The number of likely N-dealkylation sites (tertiary alicyclic amines) is 1. The summed E-state index contributed by atoms with van der Waals surface area (Å²) in [7, 11) is 0. The van der Waals surface area contributed by atoms with Crippen LogP contribution in [0.25, 0.3) is 0 Å². The number of nitrogens with zero attached hydrogens (tertiary/aromatic N) is 1. The summed E-state index contributed by atoms with van der Waals surface area (Å²) in [6.45, 7) is 4.41. The summed E-state index contributed by atoms with van der Waals surface area (Å²) in [5, 5.41) is 4.02. The summed E-state index contributed by atoms with van der Waals surface area (Å²) in [5.74, 6) is 0. The quantitative estimate of drug-likeness (QED) is 0.815. The van der Waals surface area contributed by atoms with Gasteiger partial charge in [-0.15, -0.1) is 0 Å². The van der Waals surface area contributed by atoms with Gasteiger partial charge in [-0.2, -0.15) is 0 Å². The average molecular weight is 284 g/mol. The average Bonchev–Trinajstić information content (AvgIpc) is 2.84. The summed E-state index contributed by atoms with van der Waals surface area (Å²) < 4.78 is 0. The zero-order chi connectivity index (χ0) is 13.0. The highest BCUT2D eigenvalue weighted by atomic mass is 35.5. The van der Waals surface area contributed by atoms with Crippen molar-refractivity contribution in [2.24, 2.45) is 5.73 Å². The van der Waals surface area contributed by atoms with Crippen LogP contribution in [-0.4, -0.2) is 36.1 Å². The third-order valence-electron chi connectivity index (χ3n) is 3.20. The molecular weight excluding hydrogens is 266 g/mol. The van der Waals surface area contributed by atoms with Gasteiger partial charge >= 0.3 is 0 Å². The van der Waals surface area contributed by atoms with Crippen LogP contribution in [0, 0.1) is 0 Å². The Morgan fingerprint density at radius 1 is 1.39 bits per heavy atom. The van der Waals surface area contributed by atoms with E-state index in [2.05, 4.69) is 10.2 Å². The van der Waals surface area contributed by atoms with Crippen molar-refractivity contribution in [2.45, 2.75) is 12.8 Å². The largest absolute Gasteiger partial charge is 0.389 e. The van der Waals surface area contributed by atoms with E-state index in [-0.39, 0.29) is 0 Å². The number of nitrogens with two attached hydrogens (primary N) is 1. The van der Waals surface area contributed by atoms with Gasteiger partial charge in [-0.05, 0) is 44.1 Å². The molecule has 0 unspecified atom stereocenters. The molecule has 1 aliphatic rings. The summed E-state index contributed by atoms with van der Waals surface area (Å²) in [6, 6.07) is 5.63. The van der Waals surface area contributed by atoms with Crippen LogP contribution < -0.4 is 11.1 Å². The van der Waals surface area contributed by atoms with Crippen LogP contribution in [0.4, 0.5) is 5.69 Å². The first-order chi connectivity index (χ1) is 8.66. The molecule has 1 saturated heterocycles. The Morgan fingerprint density at radius 2 is 2.11 bits per heavy atom. The summed E-state index contributed by atoms with van der Waals surface area (Å²) in [6.07, 6.45) is 2.65. The van der Waals surface area contributed by atoms with Gasteiger partial charge in [0.15, 0.2) is 0 Å². The first-order valence-corrected chi connectivity index (χ1v) is 7.01. The first-order valence-electron chi connectivity index (χ1n) is 6.22. The van der Waals surface area contributed by atoms with Crippen LogP contribution in [0.1, 0.15) is 18.4 Å². The normalized spacial score (nSPS) is 15.8. The van der Waals surface area contributed by atoms with Gasteiger partial charge in [0.25, 0.3) is 0 Å². The van der Waals surface area contributed by atoms with Crippen molar-refractivity contribution in [3.63, 3.8) is 0 Å². The zero-order valence-electron chi connectivity index (χ0n) is 10.3. The minimum atomic E-state index is 0.375. The van der Waals surface area contributed by atoms with Crippen LogP contribution in [0.15, 0.2) is 18.2 Å². The number of hydrogen-bond donors (Lipinski definition) is 2. The van der Waals surface area contributed by atoms with Crippen LogP contribution in [0.2, 0.25) is 5.02 Å². The predicted molar refractivity (Wildman–Crippen MR) is 81.5 cm³/mol. The molecule has 1 aliphatic heterocycles. The topological polar surface area (TPSA) is 41.3 Å². The Balaban J connectivity index is 1.87. The predicted octanol–water partition coefficient (Wildman–Crippen LogP) is 2.48. The second kappa shape index (κ2) is 6.36. The molecule has 5 heteroatoms. The third kappa shape index (κ3) is 3.57. The van der Waals surface area contributed by atoms with E-state index in [1.165, 1.54) is 25.9 Å². The number of benzene rings is 1. The maximum atomic E-state index is 6.18. The summed E-state index contributed by atoms with van der Waals surface area (Å²) in [4.78, 5) is 2.84. The lowest BCUT2D eigenvalue weighted by Crippen LogP contribution is -2.26. The number of halogens is 1.